The Labute approximate surface area is 120 Å². The van der Waals surface area contributed by atoms with Gasteiger partial charge in [0.05, 0.1) is 11.3 Å². The van der Waals surface area contributed by atoms with Crippen LogP contribution in [0.3, 0.4) is 0 Å². The van der Waals surface area contributed by atoms with Crippen LogP contribution in [0.15, 0.2) is 35.5 Å². The highest BCUT2D eigenvalue weighted by atomic mass is 32.2. The third kappa shape index (κ3) is 2.98. The lowest BCUT2D eigenvalue weighted by Crippen LogP contribution is -2.22. The maximum Gasteiger partial charge on any atom is 0.237 e. The number of anilines is 1. The highest BCUT2D eigenvalue weighted by Crippen LogP contribution is 2.37. The van der Waals surface area contributed by atoms with E-state index in [0.29, 0.717) is 11.2 Å². The zero-order valence-electron chi connectivity index (χ0n) is 11.1. The third-order valence-electron chi connectivity index (χ3n) is 3.05. The van der Waals surface area contributed by atoms with Crippen LogP contribution in [0.4, 0.5) is 5.69 Å². The Hall–Kier alpha value is -1.89. The summed E-state index contributed by atoms with van der Waals surface area (Å²) in [6.45, 7) is 1.86. The van der Waals surface area contributed by atoms with Crippen LogP contribution < -0.4 is 5.32 Å². The average molecular weight is 289 g/mol. The van der Waals surface area contributed by atoms with E-state index in [-0.39, 0.29) is 11.2 Å². The van der Waals surface area contributed by atoms with E-state index in [9.17, 15) is 4.79 Å². The predicted octanol–water partition coefficient (Wildman–Crippen LogP) is 2.13. The first kappa shape index (κ1) is 13.1. The zero-order chi connectivity index (χ0) is 13.9. The van der Waals surface area contributed by atoms with Crippen molar-refractivity contribution in [3.05, 3.63) is 30.3 Å². The molecule has 7 heteroatoms. The fourth-order valence-electron chi connectivity index (χ4n) is 1.79. The monoisotopic (exact) mass is 289 g/mol. The summed E-state index contributed by atoms with van der Waals surface area (Å²) >= 11 is 1.39. The van der Waals surface area contributed by atoms with E-state index >= 15 is 0 Å². The fourth-order valence-corrected chi connectivity index (χ4v) is 2.65. The molecule has 1 aromatic carbocycles. The first-order valence-electron chi connectivity index (χ1n) is 6.54. The topological polar surface area (TPSA) is 72.7 Å². The van der Waals surface area contributed by atoms with Gasteiger partial charge in [-0.25, -0.2) is 4.68 Å². The molecule has 0 spiro atoms. The molecular weight excluding hydrogens is 274 g/mol. The summed E-state index contributed by atoms with van der Waals surface area (Å²) in [4.78, 5) is 12.1. The summed E-state index contributed by atoms with van der Waals surface area (Å²) in [5, 5.41) is 15.0. The summed E-state index contributed by atoms with van der Waals surface area (Å²) in [6.07, 6.45) is 2.23. The number of carbonyl (C=O) groups is 1. The Kier molecular flexibility index (Phi) is 3.68. The number of thioether (sulfide) groups is 1. The molecule has 104 valence electrons. The van der Waals surface area contributed by atoms with Crippen LogP contribution in [-0.4, -0.2) is 31.4 Å². The standard InChI is InChI=1S/C13H15N5OS/c1-9(12(19)14-10-5-3-2-4-6-10)20-13-15-16-17-18(13)11-7-8-11/h2-6,9,11H,7-8H2,1H3,(H,14,19)/t9-/m0/s1. The molecule has 1 aliphatic carbocycles. The second-order valence-corrected chi connectivity index (χ2v) is 6.06. The van der Waals surface area contributed by atoms with Crippen molar-refractivity contribution in [3.63, 3.8) is 0 Å². The van der Waals surface area contributed by atoms with E-state index in [0.717, 1.165) is 18.5 Å². The van der Waals surface area contributed by atoms with Crippen LogP contribution in [0.2, 0.25) is 0 Å². The highest BCUT2D eigenvalue weighted by molar-refractivity contribution is 8.00. The quantitative estimate of drug-likeness (QED) is 0.854. The summed E-state index contributed by atoms with van der Waals surface area (Å²) < 4.78 is 1.82. The molecule has 1 aromatic heterocycles. The number of hydrogen-bond donors (Lipinski definition) is 1. The maximum atomic E-state index is 12.1. The number of benzene rings is 1. The number of rotatable bonds is 5. The molecular formula is C13H15N5OS. The summed E-state index contributed by atoms with van der Waals surface area (Å²) in [6, 6.07) is 9.84. The number of nitrogens with one attached hydrogen (secondary N) is 1. The molecule has 0 aliphatic heterocycles. The van der Waals surface area contributed by atoms with Crippen molar-refractivity contribution in [2.45, 2.75) is 36.2 Å². The van der Waals surface area contributed by atoms with Crippen LogP contribution in [0.1, 0.15) is 25.8 Å². The molecule has 1 N–H and O–H groups in total. The number of tetrazole rings is 1. The molecule has 0 unspecified atom stereocenters. The van der Waals surface area contributed by atoms with E-state index in [4.69, 9.17) is 0 Å². The van der Waals surface area contributed by atoms with Crippen LogP contribution in [0, 0.1) is 0 Å². The first-order chi connectivity index (χ1) is 9.74. The first-order valence-corrected chi connectivity index (χ1v) is 7.42. The average Bonchev–Trinajstić information content (AvgIpc) is 3.20. The van der Waals surface area contributed by atoms with Gasteiger partial charge in [-0.1, -0.05) is 30.0 Å². The second-order valence-electron chi connectivity index (χ2n) is 4.75. The van der Waals surface area contributed by atoms with E-state index in [1.54, 1.807) is 0 Å². The highest BCUT2D eigenvalue weighted by Gasteiger charge is 2.29. The normalized spacial score (nSPS) is 15.8. The molecule has 6 nitrogen and oxygen atoms in total. The van der Waals surface area contributed by atoms with Crippen LogP contribution in [0.5, 0.6) is 0 Å². The van der Waals surface area contributed by atoms with Crippen molar-refractivity contribution in [3.8, 4) is 0 Å². The van der Waals surface area contributed by atoms with E-state index in [1.807, 2.05) is 41.9 Å². The molecule has 1 fully saturated rings. The lowest BCUT2D eigenvalue weighted by Gasteiger charge is -2.11. The van der Waals surface area contributed by atoms with E-state index in [2.05, 4.69) is 20.8 Å². The number of carbonyl (C=O) groups excluding carboxylic acids is 1. The molecule has 1 heterocycles. The molecule has 1 aliphatic rings. The Morgan fingerprint density at radius 1 is 1.40 bits per heavy atom. The van der Waals surface area contributed by atoms with Gasteiger partial charge in [0.1, 0.15) is 0 Å². The summed E-state index contributed by atoms with van der Waals surface area (Å²) in [5.41, 5.74) is 0.798. The molecule has 20 heavy (non-hydrogen) atoms. The van der Waals surface area contributed by atoms with Gasteiger partial charge in [-0.3, -0.25) is 4.79 Å². The lowest BCUT2D eigenvalue weighted by molar-refractivity contribution is -0.115. The number of para-hydroxylation sites is 1. The largest absolute Gasteiger partial charge is 0.325 e. The zero-order valence-corrected chi connectivity index (χ0v) is 11.9. The summed E-state index contributed by atoms with van der Waals surface area (Å²) in [5.74, 6) is -0.0495. The SMILES string of the molecule is C[C@H](Sc1nnnn1C1CC1)C(=O)Nc1ccccc1. The Morgan fingerprint density at radius 3 is 2.85 bits per heavy atom. The minimum atomic E-state index is -0.251. The van der Waals surface area contributed by atoms with Gasteiger partial charge in [-0.2, -0.15) is 0 Å². The van der Waals surface area contributed by atoms with Gasteiger partial charge in [0.25, 0.3) is 0 Å². The molecule has 1 atom stereocenters. The van der Waals surface area contributed by atoms with Crippen molar-refractivity contribution >= 4 is 23.4 Å². The molecule has 0 saturated heterocycles. The molecule has 3 rings (SSSR count). The van der Waals surface area contributed by atoms with Gasteiger partial charge in [-0.05, 0) is 42.3 Å². The van der Waals surface area contributed by atoms with Crippen molar-refractivity contribution in [1.82, 2.24) is 20.2 Å². The van der Waals surface area contributed by atoms with Gasteiger partial charge in [-0.15, -0.1) is 5.10 Å². The Morgan fingerprint density at radius 2 is 2.15 bits per heavy atom. The van der Waals surface area contributed by atoms with Crippen molar-refractivity contribution in [2.75, 3.05) is 5.32 Å². The van der Waals surface area contributed by atoms with Crippen molar-refractivity contribution in [1.29, 1.82) is 0 Å². The van der Waals surface area contributed by atoms with E-state index < -0.39 is 0 Å². The third-order valence-corrected chi connectivity index (χ3v) is 4.10. The molecule has 1 amide bonds. The number of aromatic nitrogens is 4. The lowest BCUT2D eigenvalue weighted by atomic mass is 10.3. The van der Waals surface area contributed by atoms with Gasteiger partial charge in [0, 0.05) is 5.69 Å². The van der Waals surface area contributed by atoms with Crippen molar-refractivity contribution in [2.24, 2.45) is 0 Å². The Balaban J connectivity index is 1.62. The van der Waals surface area contributed by atoms with E-state index in [1.165, 1.54) is 11.8 Å². The van der Waals surface area contributed by atoms with Gasteiger partial charge in [0.2, 0.25) is 11.1 Å². The van der Waals surface area contributed by atoms with Gasteiger partial charge < -0.3 is 5.32 Å². The Bertz CT molecular complexity index is 596. The second kappa shape index (κ2) is 5.62. The smallest absolute Gasteiger partial charge is 0.237 e. The molecule has 0 bridgehead atoms. The van der Waals surface area contributed by atoms with Gasteiger partial charge in [0.15, 0.2) is 0 Å². The van der Waals surface area contributed by atoms with Crippen LogP contribution in [-0.2, 0) is 4.79 Å². The molecule has 0 radical (unpaired) electrons. The fraction of sp³-hybridized carbons (Fsp3) is 0.385. The number of amides is 1. The van der Waals surface area contributed by atoms with Crippen LogP contribution in [0.25, 0.3) is 0 Å². The number of hydrogen-bond acceptors (Lipinski definition) is 5. The minimum absolute atomic E-state index is 0.0495. The molecule has 1 saturated carbocycles. The minimum Gasteiger partial charge on any atom is -0.325 e. The van der Waals surface area contributed by atoms with Crippen molar-refractivity contribution < 1.29 is 4.79 Å². The molecule has 2 aromatic rings. The maximum absolute atomic E-state index is 12.1. The van der Waals surface area contributed by atoms with Gasteiger partial charge >= 0.3 is 0 Å². The predicted molar refractivity (Wildman–Crippen MR) is 76.5 cm³/mol. The van der Waals surface area contributed by atoms with Crippen LogP contribution >= 0.6 is 11.8 Å². The summed E-state index contributed by atoms with van der Waals surface area (Å²) in [7, 11) is 0. The number of nitrogens with zero attached hydrogens (tertiary/aromatic N) is 4.